The quantitative estimate of drug-likeness (QED) is 0.782. The average Bonchev–Trinajstić information content (AvgIpc) is 3.06. The van der Waals surface area contributed by atoms with E-state index in [1.54, 1.807) is 12.5 Å². The van der Waals surface area contributed by atoms with Crippen molar-refractivity contribution in [3.63, 3.8) is 0 Å². The molecule has 0 saturated heterocycles. The Bertz CT molecular complexity index is 810. The first-order chi connectivity index (χ1) is 11.6. The Kier molecular flexibility index (Phi) is 4.65. The van der Waals surface area contributed by atoms with Gasteiger partial charge < -0.3 is 9.88 Å². The molecule has 3 rings (SSSR count). The van der Waals surface area contributed by atoms with Gasteiger partial charge in [-0.3, -0.25) is 4.79 Å². The van der Waals surface area contributed by atoms with Crippen molar-refractivity contribution in [3.05, 3.63) is 89.5 Å². The SMILES string of the molecule is O=C(NCc1ccc(Cn2ccnc2)cc1)c1cc(F)cc(F)c1. The maximum absolute atomic E-state index is 13.1. The molecule has 0 unspecified atom stereocenters. The number of hydrogen-bond donors (Lipinski definition) is 1. The standard InChI is InChI=1S/C18H15F2N3O/c19-16-7-15(8-17(20)9-16)18(24)22-10-13-1-3-14(4-2-13)11-23-6-5-21-12-23/h1-9,12H,10-11H2,(H,22,24). The molecule has 0 saturated carbocycles. The molecule has 6 heteroatoms. The number of aromatic nitrogens is 2. The molecule has 1 aromatic heterocycles. The first-order valence-electron chi connectivity index (χ1n) is 7.38. The zero-order valence-electron chi connectivity index (χ0n) is 12.7. The van der Waals surface area contributed by atoms with E-state index in [2.05, 4.69) is 10.3 Å². The molecule has 1 amide bonds. The van der Waals surface area contributed by atoms with Crippen LogP contribution in [0.2, 0.25) is 0 Å². The van der Waals surface area contributed by atoms with Crippen molar-refractivity contribution in [2.24, 2.45) is 0 Å². The monoisotopic (exact) mass is 327 g/mol. The van der Waals surface area contributed by atoms with Crippen LogP contribution in [-0.4, -0.2) is 15.5 Å². The smallest absolute Gasteiger partial charge is 0.251 e. The van der Waals surface area contributed by atoms with Crippen LogP contribution < -0.4 is 5.32 Å². The van der Waals surface area contributed by atoms with E-state index in [0.717, 1.165) is 35.9 Å². The van der Waals surface area contributed by atoms with Crippen molar-refractivity contribution in [2.45, 2.75) is 13.1 Å². The number of carbonyl (C=O) groups excluding carboxylic acids is 1. The summed E-state index contributed by atoms with van der Waals surface area (Å²) in [5.41, 5.74) is 1.97. The Balaban J connectivity index is 1.59. The van der Waals surface area contributed by atoms with E-state index in [1.165, 1.54) is 0 Å². The molecule has 24 heavy (non-hydrogen) atoms. The van der Waals surface area contributed by atoms with E-state index in [4.69, 9.17) is 0 Å². The van der Waals surface area contributed by atoms with Crippen molar-refractivity contribution in [1.82, 2.24) is 14.9 Å². The second kappa shape index (κ2) is 7.04. The van der Waals surface area contributed by atoms with Gasteiger partial charge in [-0.05, 0) is 23.3 Å². The Hall–Kier alpha value is -3.02. The highest BCUT2D eigenvalue weighted by Gasteiger charge is 2.09. The molecular weight excluding hydrogens is 312 g/mol. The van der Waals surface area contributed by atoms with Crippen LogP contribution >= 0.6 is 0 Å². The zero-order chi connectivity index (χ0) is 16.9. The van der Waals surface area contributed by atoms with E-state index in [9.17, 15) is 13.6 Å². The fraction of sp³-hybridized carbons (Fsp3) is 0.111. The van der Waals surface area contributed by atoms with Crippen LogP contribution in [0.4, 0.5) is 8.78 Å². The van der Waals surface area contributed by atoms with Gasteiger partial charge in [-0.2, -0.15) is 0 Å². The number of carbonyl (C=O) groups is 1. The number of nitrogens with one attached hydrogen (secondary N) is 1. The highest BCUT2D eigenvalue weighted by Crippen LogP contribution is 2.09. The maximum atomic E-state index is 13.1. The zero-order valence-corrected chi connectivity index (χ0v) is 12.7. The molecule has 0 aliphatic carbocycles. The molecule has 4 nitrogen and oxygen atoms in total. The number of amides is 1. The Morgan fingerprint density at radius 3 is 2.33 bits per heavy atom. The predicted octanol–water partition coefficient (Wildman–Crippen LogP) is 3.14. The number of benzene rings is 2. The summed E-state index contributed by atoms with van der Waals surface area (Å²) in [7, 11) is 0. The first kappa shape index (κ1) is 15.9. The summed E-state index contributed by atoms with van der Waals surface area (Å²) in [4.78, 5) is 15.9. The van der Waals surface area contributed by atoms with Crippen molar-refractivity contribution in [1.29, 1.82) is 0 Å². The molecule has 1 N–H and O–H groups in total. The lowest BCUT2D eigenvalue weighted by molar-refractivity contribution is 0.0950. The molecule has 0 radical (unpaired) electrons. The number of imidazole rings is 1. The van der Waals surface area contributed by atoms with Gasteiger partial charge >= 0.3 is 0 Å². The fourth-order valence-electron chi connectivity index (χ4n) is 2.32. The van der Waals surface area contributed by atoms with Crippen LogP contribution in [-0.2, 0) is 13.1 Å². The van der Waals surface area contributed by atoms with Crippen LogP contribution in [0.1, 0.15) is 21.5 Å². The first-order valence-corrected chi connectivity index (χ1v) is 7.38. The van der Waals surface area contributed by atoms with Crippen molar-refractivity contribution in [3.8, 4) is 0 Å². The van der Waals surface area contributed by atoms with Gasteiger partial charge in [0, 0.05) is 37.1 Å². The van der Waals surface area contributed by atoms with Gasteiger partial charge in [0.1, 0.15) is 11.6 Å². The third-order valence-electron chi connectivity index (χ3n) is 3.53. The summed E-state index contributed by atoms with van der Waals surface area (Å²) in [6.45, 7) is 0.998. The second-order valence-corrected chi connectivity index (χ2v) is 5.39. The molecule has 0 aliphatic heterocycles. The third kappa shape index (κ3) is 4.04. The van der Waals surface area contributed by atoms with Crippen LogP contribution in [0, 0.1) is 11.6 Å². The minimum absolute atomic E-state index is 0.0378. The normalized spacial score (nSPS) is 10.6. The molecule has 0 fully saturated rings. The molecular formula is C18H15F2N3O. The number of halogens is 2. The number of nitrogens with zero attached hydrogens (tertiary/aromatic N) is 2. The lowest BCUT2D eigenvalue weighted by Crippen LogP contribution is -2.23. The third-order valence-corrected chi connectivity index (χ3v) is 3.53. The average molecular weight is 327 g/mol. The van der Waals surface area contributed by atoms with E-state index in [-0.39, 0.29) is 12.1 Å². The van der Waals surface area contributed by atoms with Gasteiger partial charge in [0.05, 0.1) is 6.33 Å². The molecule has 0 spiro atoms. The van der Waals surface area contributed by atoms with Gasteiger partial charge in [0.15, 0.2) is 0 Å². The lowest BCUT2D eigenvalue weighted by atomic mass is 10.1. The molecule has 0 bridgehead atoms. The molecule has 1 heterocycles. The fourth-order valence-corrected chi connectivity index (χ4v) is 2.32. The van der Waals surface area contributed by atoms with Crippen LogP contribution in [0.5, 0.6) is 0 Å². The Morgan fingerprint density at radius 2 is 1.71 bits per heavy atom. The van der Waals surface area contributed by atoms with Crippen molar-refractivity contribution < 1.29 is 13.6 Å². The Morgan fingerprint density at radius 1 is 1.04 bits per heavy atom. The molecule has 122 valence electrons. The number of hydrogen-bond acceptors (Lipinski definition) is 2. The summed E-state index contributed by atoms with van der Waals surface area (Å²) in [5.74, 6) is -2.07. The predicted molar refractivity (Wildman–Crippen MR) is 85.3 cm³/mol. The summed E-state index contributed by atoms with van der Waals surface area (Å²) in [6, 6.07) is 10.5. The second-order valence-electron chi connectivity index (χ2n) is 5.39. The van der Waals surface area contributed by atoms with Crippen LogP contribution in [0.25, 0.3) is 0 Å². The molecule has 2 aromatic carbocycles. The van der Waals surface area contributed by atoms with Crippen LogP contribution in [0.15, 0.2) is 61.2 Å². The van der Waals surface area contributed by atoms with Crippen LogP contribution in [0.3, 0.4) is 0 Å². The van der Waals surface area contributed by atoms with Gasteiger partial charge in [0.2, 0.25) is 0 Å². The van der Waals surface area contributed by atoms with E-state index < -0.39 is 17.5 Å². The number of rotatable bonds is 5. The van der Waals surface area contributed by atoms with E-state index in [0.29, 0.717) is 0 Å². The van der Waals surface area contributed by atoms with E-state index in [1.807, 2.05) is 35.0 Å². The van der Waals surface area contributed by atoms with Gasteiger partial charge in [-0.25, -0.2) is 13.8 Å². The van der Waals surface area contributed by atoms with E-state index >= 15 is 0 Å². The van der Waals surface area contributed by atoms with Gasteiger partial charge in [0.25, 0.3) is 5.91 Å². The molecule has 0 aliphatic rings. The minimum atomic E-state index is -0.774. The highest BCUT2D eigenvalue weighted by molar-refractivity contribution is 5.94. The maximum Gasteiger partial charge on any atom is 0.251 e. The summed E-state index contributed by atoms with van der Waals surface area (Å²) in [6.07, 6.45) is 5.34. The minimum Gasteiger partial charge on any atom is -0.348 e. The summed E-state index contributed by atoms with van der Waals surface area (Å²) in [5, 5.41) is 2.65. The largest absolute Gasteiger partial charge is 0.348 e. The Labute approximate surface area is 137 Å². The summed E-state index contributed by atoms with van der Waals surface area (Å²) < 4.78 is 28.2. The topological polar surface area (TPSA) is 46.9 Å². The summed E-state index contributed by atoms with van der Waals surface area (Å²) >= 11 is 0. The van der Waals surface area contributed by atoms with Crippen molar-refractivity contribution in [2.75, 3.05) is 0 Å². The van der Waals surface area contributed by atoms with Gasteiger partial charge in [-0.15, -0.1) is 0 Å². The van der Waals surface area contributed by atoms with Gasteiger partial charge in [-0.1, -0.05) is 24.3 Å². The molecule has 3 aromatic rings. The molecule has 0 atom stereocenters. The lowest BCUT2D eigenvalue weighted by Gasteiger charge is -2.07. The highest BCUT2D eigenvalue weighted by atomic mass is 19.1. The van der Waals surface area contributed by atoms with Crippen molar-refractivity contribution >= 4 is 5.91 Å².